The lowest BCUT2D eigenvalue weighted by Crippen LogP contribution is -2.05. The normalized spacial score (nSPS) is 9.40. The summed E-state index contributed by atoms with van der Waals surface area (Å²) in [6.07, 6.45) is 4.31. The monoisotopic (exact) mass is 143 g/mol. The molecule has 2 heteroatoms. The predicted octanol–water partition coefficient (Wildman–Crippen LogP) is 1.94. The van der Waals surface area contributed by atoms with Crippen molar-refractivity contribution in [2.24, 2.45) is 0 Å². The molecule has 0 saturated heterocycles. The molecule has 10 heavy (non-hydrogen) atoms. The van der Waals surface area contributed by atoms with Gasteiger partial charge in [0.25, 0.3) is 0 Å². The van der Waals surface area contributed by atoms with Gasteiger partial charge in [-0.2, -0.15) is 0 Å². The van der Waals surface area contributed by atoms with E-state index in [0.717, 1.165) is 19.3 Å². The molecule has 0 aliphatic carbocycles. The lowest BCUT2D eigenvalue weighted by atomic mass is 10.2. The van der Waals surface area contributed by atoms with Crippen molar-refractivity contribution in [1.82, 2.24) is 0 Å². The van der Waals surface area contributed by atoms with E-state index in [2.05, 4.69) is 0 Å². The van der Waals surface area contributed by atoms with Gasteiger partial charge in [0.15, 0.2) is 0 Å². The average molecular weight is 143 g/mol. The summed E-state index contributed by atoms with van der Waals surface area (Å²) in [5.41, 5.74) is 0. The third kappa shape index (κ3) is 5.60. The summed E-state index contributed by atoms with van der Waals surface area (Å²) >= 11 is 0. The molecular formula is C8H15O2. The van der Waals surface area contributed by atoms with Crippen LogP contribution in [0.5, 0.6) is 0 Å². The highest BCUT2D eigenvalue weighted by atomic mass is 16.5. The lowest BCUT2D eigenvalue weighted by Gasteiger charge is -1.99. The molecule has 0 aliphatic heterocycles. The first-order valence-corrected chi connectivity index (χ1v) is 3.81. The van der Waals surface area contributed by atoms with Gasteiger partial charge < -0.3 is 4.74 Å². The maximum atomic E-state index is 10.7. The summed E-state index contributed by atoms with van der Waals surface area (Å²) in [6.45, 7) is 4.55. The van der Waals surface area contributed by atoms with E-state index in [4.69, 9.17) is 4.74 Å². The van der Waals surface area contributed by atoms with E-state index in [1.165, 1.54) is 0 Å². The number of carbonyl (C=O) groups excluding carboxylic acids is 1. The Labute approximate surface area is 62.6 Å². The van der Waals surface area contributed by atoms with Gasteiger partial charge in [0.1, 0.15) is 0 Å². The van der Waals surface area contributed by atoms with Crippen molar-refractivity contribution in [3.8, 4) is 0 Å². The molecule has 0 rings (SSSR count). The molecule has 59 valence electrons. The Kier molecular flexibility index (Phi) is 6.24. The summed E-state index contributed by atoms with van der Waals surface area (Å²) < 4.78 is 4.80. The first kappa shape index (κ1) is 9.47. The van der Waals surface area contributed by atoms with Gasteiger partial charge in [0.05, 0.1) is 13.0 Å². The molecule has 0 atom stereocenters. The molecule has 1 radical (unpaired) electrons. The maximum Gasteiger partial charge on any atom is 0.309 e. The predicted molar refractivity (Wildman–Crippen MR) is 40.5 cm³/mol. The topological polar surface area (TPSA) is 26.3 Å². The van der Waals surface area contributed by atoms with Crippen molar-refractivity contribution >= 4 is 5.97 Å². The van der Waals surface area contributed by atoms with Crippen LogP contribution in [0.1, 0.15) is 33.1 Å². The van der Waals surface area contributed by atoms with Crippen LogP contribution in [0.25, 0.3) is 0 Å². The minimum Gasteiger partial charge on any atom is -0.465 e. The van der Waals surface area contributed by atoms with E-state index < -0.39 is 0 Å². The highest BCUT2D eigenvalue weighted by molar-refractivity contribution is 5.78. The molecule has 0 N–H and O–H groups in total. The summed E-state index contributed by atoms with van der Waals surface area (Å²) in [5.74, 6) is -0.177. The van der Waals surface area contributed by atoms with Crippen molar-refractivity contribution < 1.29 is 9.53 Å². The molecule has 0 saturated carbocycles. The Morgan fingerprint density at radius 1 is 1.40 bits per heavy atom. The minimum atomic E-state index is -0.177. The Balaban J connectivity index is 3.09. The van der Waals surface area contributed by atoms with Crippen LogP contribution in [0.15, 0.2) is 0 Å². The quantitative estimate of drug-likeness (QED) is 0.550. The molecule has 0 unspecified atom stereocenters. The Hall–Kier alpha value is -0.530. The standard InChI is InChI=1S/C8H15O2/c1-3-5-6-8(9)10-7-4-2/h6H,3-5,7H2,1-2H3. The zero-order valence-corrected chi connectivity index (χ0v) is 6.72. The van der Waals surface area contributed by atoms with Crippen LogP contribution in [-0.4, -0.2) is 12.6 Å². The van der Waals surface area contributed by atoms with Crippen LogP contribution in [0.4, 0.5) is 0 Å². The number of carbonyl (C=O) groups is 1. The zero-order chi connectivity index (χ0) is 7.82. The maximum absolute atomic E-state index is 10.7. The van der Waals surface area contributed by atoms with Crippen molar-refractivity contribution in [2.45, 2.75) is 33.1 Å². The third-order valence-corrected chi connectivity index (χ3v) is 1.05. The number of unbranched alkanes of at least 4 members (excludes halogenated alkanes) is 1. The van der Waals surface area contributed by atoms with Gasteiger partial charge in [-0.25, -0.2) is 0 Å². The fraction of sp³-hybridized carbons (Fsp3) is 0.750. The SMILES string of the molecule is CCC[CH]C(=O)OCCC. The molecule has 0 fully saturated rings. The lowest BCUT2D eigenvalue weighted by molar-refractivity contribution is -0.139. The second kappa shape index (κ2) is 6.59. The molecule has 0 heterocycles. The number of hydrogen-bond donors (Lipinski definition) is 0. The van der Waals surface area contributed by atoms with Crippen LogP contribution in [-0.2, 0) is 9.53 Å². The molecule has 0 aromatic carbocycles. The average Bonchev–Trinajstić information content (AvgIpc) is 1.97. The molecule has 0 spiro atoms. The zero-order valence-electron chi connectivity index (χ0n) is 6.72. The van der Waals surface area contributed by atoms with E-state index in [-0.39, 0.29) is 5.97 Å². The number of hydrogen-bond acceptors (Lipinski definition) is 2. The van der Waals surface area contributed by atoms with Crippen LogP contribution in [0, 0.1) is 6.42 Å². The first-order valence-electron chi connectivity index (χ1n) is 3.81. The van der Waals surface area contributed by atoms with Crippen molar-refractivity contribution in [3.05, 3.63) is 6.42 Å². The summed E-state index contributed by atoms with van der Waals surface area (Å²) in [7, 11) is 0. The van der Waals surface area contributed by atoms with Gasteiger partial charge in [-0.05, 0) is 12.8 Å². The second-order valence-electron chi connectivity index (χ2n) is 2.16. The van der Waals surface area contributed by atoms with Gasteiger partial charge in [0, 0.05) is 0 Å². The Morgan fingerprint density at radius 3 is 2.60 bits per heavy atom. The molecule has 0 aromatic rings. The van der Waals surface area contributed by atoms with Gasteiger partial charge in [-0.15, -0.1) is 0 Å². The second-order valence-corrected chi connectivity index (χ2v) is 2.16. The fourth-order valence-corrected chi connectivity index (χ4v) is 0.524. The van der Waals surface area contributed by atoms with Gasteiger partial charge in [-0.1, -0.05) is 20.3 Å². The highest BCUT2D eigenvalue weighted by Gasteiger charge is 1.99. The van der Waals surface area contributed by atoms with Gasteiger partial charge in [0.2, 0.25) is 0 Å². The molecule has 0 amide bonds. The van der Waals surface area contributed by atoms with E-state index in [0.29, 0.717) is 6.61 Å². The van der Waals surface area contributed by atoms with Gasteiger partial charge in [-0.3, -0.25) is 4.79 Å². The van der Waals surface area contributed by atoms with Crippen molar-refractivity contribution in [2.75, 3.05) is 6.61 Å². The minimum absolute atomic E-state index is 0.177. The molecule has 2 nitrogen and oxygen atoms in total. The smallest absolute Gasteiger partial charge is 0.309 e. The summed E-state index contributed by atoms with van der Waals surface area (Å²) in [6, 6.07) is 0. The van der Waals surface area contributed by atoms with Crippen LogP contribution >= 0.6 is 0 Å². The third-order valence-electron chi connectivity index (χ3n) is 1.05. The van der Waals surface area contributed by atoms with Crippen LogP contribution < -0.4 is 0 Å². The number of ether oxygens (including phenoxy) is 1. The summed E-state index contributed by atoms with van der Waals surface area (Å²) in [5, 5.41) is 0. The number of esters is 1. The molecular weight excluding hydrogens is 128 g/mol. The summed E-state index contributed by atoms with van der Waals surface area (Å²) in [4.78, 5) is 10.7. The molecule has 0 bridgehead atoms. The number of rotatable bonds is 5. The largest absolute Gasteiger partial charge is 0.465 e. The van der Waals surface area contributed by atoms with E-state index in [1.807, 2.05) is 13.8 Å². The van der Waals surface area contributed by atoms with Crippen molar-refractivity contribution in [3.63, 3.8) is 0 Å². The van der Waals surface area contributed by atoms with E-state index in [9.17, 15) is 4.79 Å². The van der Waals surface area contributed by atoms with Crippen LogP contribution in [0.2, 0.25) is 0 Å². The highest BCUT2D eigenvalue weighted by Crippen LogP contribution is 1.94. The van der Waals surface area contributed by atoms with Crippen LogP contribution in [0.3, 0.4) is 0 Å². The first-order chi connectivity index (χ1) is 4.81. The Bertz CT molecular complexity index is 79.3. The Morgan fingerprint density at radius 2 is 2.10 bits per heavy atom. The van der Waals surface area contributed by atoms with Gasteiger partial charge >= 0.3 is 5.97 Å². The van der Waals surface area contributed by atoms with E-state index in [1.54, 1.807) is 6.42 Å². The molecule has 0 aromatic heterocycles. The molecule has 0 aliphatic rings. The van der Waals surface area contributed by atoms with E-state index >= 15 is 0 Å². The fourth-order valence-electron chi connectivity index (χ4n) is 0.524. The van der Waals surface area contributed by atoms with Crippen molar-refractivity contribution in [1.29, 1.82) is 0 Å².